The summed E-state index contributed by atoms with van der Waals surface area (Å²) in [7, 11) is -7.19. The average molecular weight is 242 g/mol. The van der Waals surface area contributed by atoms with Crippen molar-refractivity contribution in [3.05, 3.63) is 0 Å². The van der Waals surface area contributed by atoms with Crippen LogP contribution in [0.5, 0.6) is 0 Å². The monoisotopic (exact) mass is 242 g/mol. The molecule has 1 unspecified atom stereocenters. The molecule has 1 fully saturated rings. The first-order valence-corrected chi connectivity index (χ1v) is 7.79. The van der Waals surface area contributed by atoms with Gasteiger partial charge in [0.25, 0.3) is 0 Å². The standard InChI is InChI=1S/C6H14N2O4S2/c1-13(9,10)5-14(11,12)8-3-2-6(7)4-8/h6H,2-5,7H2,1H3. The fraction of sp³-hybridized carbons (Fsp3) is 1.00. The van der Waals surface area contributed by atoms with Gasteiger partial charge >= 0.3 is 0 Å². The lowest BCUT2D eigenvalue weighted by atomic mass is 10.3. The number of nitrogens with zero attached hydrogens (tertiary/aromatic N) is 1. The molecule has 0 amide bonds. The zero-order chi connectivity index (χ0) is 11.0. The molecule has 1 heterocycles. The van der Waals surface area contributed by atoms with Crippen LogP contribution in [0.25, 0.3) is 0 Å². The Bertz CT molecular complexity index is 400. The van der Waals surface area contributed by atoms with E-state index in [0.29, 0.717) is 13.0 Å². The van der Waals surface area contributed by atoms with Gasteiger partial charge in [-0.3, -0.25) is 0 Å². The van der Waals surface area contributed by atoms with Crippen LogP contribution in [0.3, 0.4) is 0 Å². The molecule has 14 heavy (non-hydrogen) atoms. The summed E-state index contributed by atoms with van der Waals surface area (Å²) in [5.74, 6) is 0. The maximum absolute atomic E-state index is 11.5. The van der Waals surface area contributed by atoms with Crippen molar-refractivity contribution >= 4 is 19.9 Å². The van der Waals surface area contributed by atoms with Gasteiger partial charge in [0.1, 0.15) is 0 Å². The van der Waals surface area contributed by atoms with Crippen molar-refractivity contribution in [1.82, 2.24) is 4.31 Å². The largest absolute Gasteiger partial charge is 0.326 e. The molecular weight excluding hydrogens is 228 g/mol. The molecule has 1 atom stereocenters. The Labute approximate surface area is 84.0 Å². The molecule has 1 saturated heterocycles. The van der Waals surface area contributed by atoms with Crippen LogP contribution in [0.15, 0.2) is 0 Å². The maximum atomic E-state index is 11.5. The SMILES string of the molecule is CS(=O)(=O)CS(=O)(=O)N1CCC(N)C1. The van der Waals surface area contributed by atoms with Gasteiger partial charge in [-0.05, 0) is 6.42 Å². The van der Waals surface area contributed by atoms with E-state index >= 15 is 0 Å². The van der Waals surface area contributed by atoms with E-state index in [1.54, 1.807) is 0 Å². The number of sulfonamides is 1. The molecule has 0 bridgehead atoms. The Morgan fingerprint density at radius 3 is 2.29 bits per heavy atom. The molecule has 2 N–H and O–H groups in total. The summed E-state index contributed by atoms with van der Waals surface area (Å²) in [6.07, 6.45) is 1.49. The molecular formula is C6H14N2O4S2. The van der Waals surface area contributed by atoms with E-state index in [4.69, 9.17) is 5.73 Å². The first kappa shape index (κ1) is 11.9. The highest BCUT2D eigenvalue weighted by molar-refractivity contribution is 8.06. The molecule has 0 aromatic carbocycles. The first-order chi connectivity index (χ1) is 6.21. The van der Waals surface area contributed by atoms with E-state index in [-0.39, 0.29) is 12.6 Å². The first-order valence-electron chi connectivity index (χ1n) is 4.12. The van der Waals surface area contributed by atoms with Gasteiger partial charge in [0.15, 0.2) is 14.9 Å². The van der Waals surface area contributed by atoms with Gasteiger partial charge in [-0.1, -0.05) is 0 Å². The van der Waals surface area contributed by atoms with E-state index < -0.39 is 24.9 Å². The Morgan fingerprint density at radius 2 is 1.93 bits per heavy atom. The normalized spacial score (nSPS) is 25.4. The summed E-state index contributed by atoms with van der Waals surface area (Å²) < 4.78 is 45.8. The lowest BCUT2D eigenvalue weighted by molar-refractivity contribution is 0.476. The molecule has 6 nitrogen and oxygen atoms in total. The summed E-state index contributed by atoms with van der Waals surface area (Å²) in [4.78, 5) is 0. The van der Waals surface area contributed by atoms with E-state index in [9.17, 15) is 16.8 Å². The summed E-state index contributed by atoms with van der Waals surface area (Å²) in [6, 6.07) is -0.177. The van der Waals surface area contributed by atoms with Crippen molar-refractivity contribution in [2.45, 2.75) is 12.5 Å². The Morgan fingerprint density at radius 1 is 1.36 bits per heavy atom. The average Bonchev–Trinajstić information content (AvgIpc) is 2.29. The summed E-state index contributed by atoms with van der Waals surface area (Å²) in [5.41, 5.74) is 5.53. The molecule has 8 heteroatoms. The van der Waals surface area contributed by atoms with Gasteiger partial charge in [-0.15, -0.1) is 0 Å². The van der Waals surface area contributed by atoms with Crippen LogP contribution in [0, 0.1) is 0 Å². The van der Waals surface area contributed by atoms with E-state index in [2.05, 4.69) is 0 Å². The minimum absolute atomic E-state index is 0.177. The zero-order valence-corrected chi connectivity index (χ0v) is 9.51. The summed E-state index contributed by atoms with van der Waals surface area (Å²) in [5, 5.41) is -0.827. The predicted molar refractivity (Wildman–Crippen MR) is 52.8 cm³/mol. The van der Waals surface area contributed by atoms with Crippen LogP contribution in [0.2, 0.25) is 0 Å². The van der Waals surface area contributed by atoms with Crippen molar-refractivity contribution in [2.24, 2.45) is 5.73 Å². The third kappa shape index (κ3) is 3.19. The highest BCUT2D eigenvalue weighted by atomic mass is 32.3. The quantitative estimate of drug-likeness (QED) is 0.639. The smallest absolute Gasteiger partial charge is 0.228 e. The lowest BCUT2D eigenvalue weighted by Gasteiger charge is -2.14. The van der Waals surface area contributed by atoms with Crippen LogP contribution in [-0.2, 0) is 19.9 Å². The van der Waals surface area contributed by atoms with E-state index in [1.165, 1.54) is 0 Å². The third-order valence-electron chi connectivity index (χ3n) is 1.94. The Balaban J connectivity index is 2.77. The number of rotatable bonds is 3. The highest BCUT2D eigenvalue weighted by Gasteiger charge is 2.31. The van der Waals surface area contributed by atoms with Gasteiger partial charge in [-0.2, -0.15) is 4.31 Å². The van der Waals surface area contributed by atoms with Gasteiger partial charge in [0, 0.05) is 25.4 Å². The number of hydrogen-bond donors (Lipinski definition) is 1. The number of hydrogen-bond acceptors (Lipinski definition) is 5. The molecule has 84 valence electrons. The van der Waals surface area contributed by atoms with Crippen LogP contribution in [0.1, 0.15) is 6.42 Å². The molecule has 0 aromatic heterocycles. The van der Waals surface area contributed by atoms with E-state index in [0.717, 1.165) is 10.6 Å². The maximum Gasteiger partial charge on any atom is 0.228 e. The highest BCUT2D eigenvalue weighted by Crippen LogP contribution is 2.13. The minimum Gasteiger partial charge on any atom is -0.326 e. The second-order valence-corrected chi connectivity index (χ2v) is 8.04. The minimum atomic E-state index is -3.69. The molecule has 1 rings (SSSR count). The predicted octanol–water partition coefficient (Wildman–Crippen LogP) is -1.65. The lowest BCUT2D eigenvalue weighted by Crippen LogP contribution is -2.35. The topological polar surface area (TPSA) is 97.5 Å². The molecule has 0 radical (unpaired) electrons. The fourth-order valence-electron chi connectivity index (χ4n) is 1.35. The molecule has 0 saturated carbocycles. The van der Waals surface area contributed by atoms with Crippen LogP contribution >= 0.6 is 0 Å². The van der Waals surface area contributed by atoms with Crippen molar-refractivity contribution in [3.8, 4) is 0 Å². The zero-order valence-electron chi connectivity index (χ0n) is 7.88. The molecule has 0 spiro atoms. The van der Waals surface area contributed by atoms with Gasteiger partial charge < -0.3 is 5.73 Å². The molecule has 1 aliphatic rings. The summed E-state index contributed by atoms with van der Waals surface area (Å²) >= 11 is 0. The van der Waals surface area contributed by atoms with E-state index in [1.807, 2.05) is 0 Å². The van der Waals surface area contributed by atoms with Gasteiger partial charge in [0.05, 0.1) is 0 Å². The second-order valence-electron chi connectivity index (χ2n) is 3.56. The fourth-order valence-corrected chi connectivity index (χ4v) is 4.91. The van der Waals surface area contributed by atoms with Crippen molar-refractivity contribution in [1.29, 1.82) is 0 Å². The van der Waals surface area contributed by atoms with Crippen LogP contribution in [0.4, 0.5) is 0 Å². The van der Waals surface area contributed by atoms with Crippen molar-refractivity contribution in [3.63, 3.8) is 0 Å². The van der Waals surface area contributed by atoms with Crippen LogP contribution < -0.4 is 5.73 Å². The molecule has 1 aliphatic heterocycles. The Hall–Kier alpha value is -0.180. The molecule has 0 aliphatic carbocycles. The van der Waals surface area contributed by atoms with Crippen molar-refractivity contribution in [2.75, 3.05) is 24.4 Å². The number of sulfone groups is 1. The number of nitrogens with two attached hydrogens (primary N) is 1. The molecule has 0 aromatic rings. The van der Waals surface area contributed by atoms with Crippen molar-refractivity contribution < 1.29 is 16.8 Å². The Kier molecular flexibility index (Phi) is 3.20. The van der Waals surface area contributed by atoms with Gasteiger partial charge in [0.2, 0.25) is 10.0 Å². The van der Waals surface area contributed by atoms with Gasteiger partial charge in [-0.25, -0.2) is 16.8 Å². The second kappa shape index (κ2) is 3.76. The third-order valence-corrected chi connectivity index (χ3v) is 5.97. The van der Waals surface area contributed by atoms with Crippen LogP contribution in [-0.4, -0.2) is 51.6 Å². The summed E-state index contributed by atoms with van der Waals surface area (Å²) in [6.45, 7) is 0.539.